The van der Waals surface area contributed by atoms with Crippen molar-refractivity contribution in [1.82, 2.24) is 5.32 Å². The Morgan fingerprint density at radius 3 is 2.90 bits per heavy atom. The van der Waals surface area contributed by atoms with Crippen LogP contribution in [0.4, 0.5) is 0 Å². The van der Waals surface area contributed by atoms with Crippen LogP contribution in [-0.4, -0.2) is 38.6 Å². The van der Waals surface area contributed by atoms with Gasteiger partial charge in [0.2, 0.25) is 0 Å². The van der Waals surface area contributed by atoms with Crippen LogP contribution < -0.4 is 10.1 Å². The lowest BCUT2D eigenvalue weighted by Crippen LogP contribution is -2.30. The predicted octanol–water partition coefficient (Wildman–Crippen LogP) is 1.81. The molecule has 0 unspecified atom stereocenters. The monoisotopic (exact) mass is 291 g/mol. The highest BCUT2D eigenvalue weighted by atomic mass is 16.5. The van der Waals surface area contributed by atoms with Gasteiger partial charge in [0.15, 0.2) is 12.9 Å². The Morgan fingerprint density at radius 1 is 1.33 bits per heavy atom. The number of carbonyl (C=O) groups is 2. The van der Waals surface area contributed by atoms with Gasteiger partial charge in [0.25, 0.3) is 5.91 Å². The first-order chi connectivity index (χ1) is 10.3. The Bertz CT molecular complexity index is 471. The van der Waals surface area contributed by atoms with Gasteiger partial charge in [-0.3, -0.25) is 9.59 Å². The van der Waals surface area contributed by atoms with E-state index in [9.17, 15) is 9.59 Å². The van der Waals surface area contributed by atoms with Gasteiger partial charge in [0.05, 0.1) is 5.56 Å². The zero-order valence-corrected chi connectivity index (χ0v) is 12.0. The quantitative estimate of drug-likeness (QED) is 0.527. The van der Waals surface area contributed by atoms with Crippen molar-refractivity contribution in [2.45, 2.75) is 19.3 Å². The number of amides is 1. The second-order valence-electron chi connectivity index (χ2n) is 5.17. The van der Waals surface area contributed by atoms with Crippen LogP contribution in [0.1, 0.15) is 29.6 Å². The maximum atomic E-state index is 11.6. The third kappa shape index (κ3) is 5.95. The molecule has 1 aromatic rings. The molecule has 21 heavy (non-hydrogen) atoms. The smallest absolute Gasteiger partial charge is 0.257 e. The second-order valence-corrected chi connectivity index (χ2v) is 5.17. The zero-order chi connectivity index (χ0) is 14.9. The summed E-state index contributed by atoms with van der Waals surface area (Å²) in [7, 11) is 0. The highest BCUT2D eigenvalue weighted by Crippen LogP contribution is 2.28. The third-order valence-corrected chi connectivity index (χ3v) is 3.24. The summed E-state index contributed by atoms with van der Waals surface area (Å²) in [5.41, 5.74) is 0.443. The molecule has 0 saturated heterocycles. The lowest BCUT2D eigenvalue weighted by atomic mass is 10.2. The van der Waals surface area contributed by atoms with Crippen molar-refractivity contribution < 1.29 is 19.1 Å². The lowest BCUT2D eigenvalue weighted by Gasteiger charge is -2.09. The van der Waals surface area contributed by atoms with E-state index in [4.69, 9.17) is 9.47 Å². The van der Waals surface area contributed by atoms with E-state index in [2.05, 4.69) is 5.32 Å². The average molecular weight is 291 g/mol. The molecule has 0 spiro atoms. The Kier molecular flexibility index (Phi) is 6.22. The summed E-state index contributed by atoms with van der Waals surface area (Å²) in [4.78, 5) is 22.4. The van der Waals surface area contributed by atoms with E-state index in [-0.39, 0.29) is 12.5 Å². The molecule has 1 N–H and O–H groups in total. The van der Waals surface area contributed by atoms with Gasteiger partial charge in [-0.2, -0.15) is 0 Å². The van der Waals surface area contributed by atoms with Gasteiger partial charge in [0, 0.05) is 19.8 Å². The van der Waals surface area contributed by atoms with Crippen molar-refractivity contribution in [3.63, 3.8) is 0 Å². The van der Waals surface area contributed by atoms with Crippen LogP contribution in [0.5, 0.6) is 5.75 Å². The zero-order valence-electron chi connectivity index (χ0n) is 12.0. The minimum absolute atomic E-state index is 0.0895. The maximum Gasteiger partial charge on any atom is 0.257 e. The molecule has 5 heteroatoms. The van der Waals surface area contributed by atoms with Crippen molar-refractivity contribution in [3.8, 4) is 5.75 Å². The third-order valence-electron chi connectivity index (χ3n) is 3.24. The highest BCUT2D eigenvalue weighted by Gasteiger charge is 2.20. The van der Waals surface area contributed by atoms with Crippen molar-refractivity contribution in [1.29, 1.82) is 0 Å². The number of hydrogen-bond donors (Lipinski definition) is 1. The predicted molar refractivity (Wildman–Crippen MR) is 78.5 cm³/mol. The minimum atomic E-state index is -0.196. The van der Waals surface area contributed by atoms with Crippen LogP contribution in [0.3, 0.4) is 0 Å². The number of rotatable bonds is 10. The van der Waals surface area contributed by atoms with Crippen LogP contribution in [0.25, 0.3) is 0 Å². The van der Waals surface area contributed by atoms with Gasteiger partial charge in [-0.05, 0) is 37.3 Å². The number of benzene rings is 1. The Hall–Kier alpha value is -1.88. The maximum absolute atomic E-state index is 11.6. The summed E-state index contributed by atoms with van der Waals surface area (Å²) < 4.78 is 10.8. The summed E-state index contributed by atoms with van der Waals surface area (Å²) >= 11 is 0. The molecular formula is C16H21NO4. The number of hydrogen-bond acceptors (Lipinski definition) is 4. The molecule has 0 atom stereocenters. The molecule has 0 bridgehead atoms. The van der Waals surface area contributed by atoms with Crippen LogP contribution in [0.15, 0.2) is 24.3 Å². The largest absolute Gasteiger partial charge is 0.483 e. The Morgan fingerprint density at radius 2 is 2.14 bits per heavy atom. The number of para-hydroxylation sites is 1. The summed E-state index contributed by atoms with van der Waals surface area (Å²) in [6.45, 7) is 2.00. The van der Waals surface area contributed by atoms with Gasteiger partial charge < -0.3 is 14.8 Å². The minimum Gasteiger partial charge on any atom is -0.483 e. The molecule has 2 rings (SSSR count). The average Bonchev–Trinajstić information content (AvgIpc) is 3.33. The van der Waals surface area contributed by atoms with Crippen molar-refractivity contribution in [2.24, 2.45) is 5.92 Å². The molecule has 1 fully saturated rings. The Labute approximate surface area is 124 Å². The molecular weight excluding hydrogens is 270 g/mol. The van der Waals surface area contributed by atoms with Crippen LogP contribution in [-0.2, 0) is 9.53 Å². The fraction of sp³-hybridized carbons (Fsp3) is 0.500. The summed E-state index contributed by atoms with van der Waals surface area (Å²) in [5.74, 6) is 0.999. The molecule has 5 nitrogen and oxygen atoms in total. The topological polar surface area (TPSA) is 64.6 Å². The standard InChI is InChI=1S/C16H21NO4/c18-10-14-4-1-2-5-15(14)21-12-16(19)17-8-3-9-20-11-13-6-7-13/h1-2,4-5,10,13H,3,6-9,11-12H2,(H,17,19). The SMILES string of the molecule is O=Cc1ccccc1OCC(=O)NCCCOCC1CC1. The Balaban J connectivity index is 1.55. The lowest BCUT2D eigenvalue weighted by molar-refractivity contribution is -0.123. The van der Waals surface area contributed by atoms with Gasteiger partial charge in [-0.15, -0.1) is 0 Å². The van der Waals surface area contributed by atoms with E-state index in [1.807, 2.05) is 0 Å². The fourth-order valence-corrected chi connectivity index (χ4v) is 1.84. The van der Waals surface area contributed by atoms with Gasteiger partial charge in [0.1, 0.15) is 5.75 Å². The van der Waals surface area contributed by atoms with Crippen LogP contribution in [0, 0.1) is 5.92 Å². The molecule has 0 aromatic heterocycles. The normalized spacial score (nSPS) is 13.7. The van der Waals surface area contributed by atoms with Crippen molar-refractivity contribution >= 4 is 12.2 Å². The number of ether oxygens (including phenoxy) is 2. The fourth-order valence-electron chi connectivity index (χ4n) is 1.84. The molecule has 0 heterocycles. The molecule has 1 aliphatic rings. The van der Waals surface area contributed by atoms with E-state index in [1.165, 1.54) is 12.8 Å². The molecule has 1 aliphatic carbocycles. The number of carbonyl (C=O) groups excluding carboxylic acids is 2. The first-order valence-electron chi connectivity index (χ1n) is 7.31. The van der Waals surface area contributed by atoms with Crippen molar-refractivity contribution in [2.75, 3.05) is 26.4 Å². The van der Waals surface area contributed by atoms with E-state index in [1.54, 1.807) is 24.3 Å². The van der Waals surface area contributed by atoms with Crippen LogP contribution in [0.2, 0.25) is 0 Å². The van der Waals surface area contributed by atoms with Gasteiger partial charge in [-0.1, -0.05) is 12.1 Å². The second kappa shape index (κ2) is 8.42. The number of aldehydes is 1. The van der Waals surface area contributed by atoms with Crippen molar-refractivity contribution in [3.05, 3.63) is 29.8 Å². The summed E-state index contributed by atoms with van der Waals surface area (Å²) in [6, 6.07) is 6.83. The van der Waals surface area contributed by atoms with E-state index in [0.717, 1.165) is 18.9 Å². The molecule has 0 radical (unpaired) electrons. The first-order valence-corrected chi connectivity index (χ1v) is 7.31. The summed E-state index contributed by atoms with van der Waals surface area (Å²) in [6.07, 6.45) is 4.08. The van der Waals surface area contributed by atoms with E-state index >= 15 is 0 Å². The molecule has 1 aromatic carbocycles. The van der Waals surface area contributed by atoms with Gasteiger partial charge in [-0.25, -0.2) is 0 Å². The van der Waals surface area contributed by atoms with Crippen LogP contribution >= 0.6 is 0 Å². The molecule has 1 amide bonds. The first kappa shape index (κ1) is 15.5. The van der Waals surface area contributed by atoms with E-state index in [0.29, 0.717) is 30.8 Å². The molecule has 0 aliphatic heterocycles. The highest BCUT2D eigenvalue weighted by molar-refractivity contribution is 5.80. The molecule has 1 saturated carbocycles. The van der Waals surface area contributed by atoms with E-state index < -0.39 is 0 Å². The summed E-state index contributed by atoms with van der Waals surface area (Å²) in [5, 5.41) is 2.76. The molecule has 114 valence electrons. The number of nitrogens with one attached hydrogen (secondary N) is 1. The van der Waals surface area contributed by atoms with Gasteiger partial charge >= 0.3 is 0 Å².